The van der Waals surface area contributed by atoms with Crippen LogP contribution in [0, 0.1) is 5.92 Å². The molecule has 0 aromatic carbocycles. The number of likely N-dealkylation sites (tertiary alicyclic amines) is 1. The second-order valence-corrected chi connectivity index (χ2v) is 5.93. The molecular formula is C14H26N2O2. The Morgan fingerprint density at radius 2 is 1.72 bits per heavy atom. The fourth-order valence-electron chi connectivity index (χ4n) is 3.08. The molecule has 0 aromatic rings. The molecule has 104 valence electrons. The first kappa shape index (κ1) is 13.8. The smallest absolute Gasteiger partial charge is 0.222 e. The van der Waals surface area contributed by atoms with E-state index < -0.39 is 0 Å². The maximum atomic E-state index is 12.0. The maximum absolute atomic E-state index is 12.0. The molecule has 1 amide bonds. The maximum Gasteiger partial charge on any atom is 0.222 e. The summed E-state index contributed by atoms with van der Waals surface area (Å²) in [6, 6.07) is 0.389. The summed E-state index contributed by atoms with van der Waals surface area (Å²) in [5.41, 5.74) is 5.88. The molecule has 1 aliphatic carbocycles. The predicted octanol–water partition coefficient (Wildman–Crippen LogP) is 1.27. The van der Waals surface area contributed by atoms with Crippen LogP contribution in [0.25, 0.3) is 0 Å². The molecule has 2 rings (SSSR count). The molecule has 1 heterocycles. The number of rotatable bonds is 3. The Balaban J connectivity index is 1.65. The van der Waals surface area contributed by atoms with Gasteiger partial charge in [-0.05, 0) is 50.9 Å². The van der Waals surface area contributed by atoms with Gasteiger partial charge in [0, 0.05) is 25.6 Å². The van der Waals surface area contributed by atoms with Crippen LogP contribution in [0.5, 0.6) is 0 Å². The van der Waals surface area contributed by atoms with Gasteiger partial charge in [-0.1, -0.05) is 0 Å². The molecule has 0 atom stereocenters. The second-order valence-electron chi connectivity index (χ2n) is 5.93. The van der Waals surface area contributed by atoms with Gasteiger partial charge in [-0.25, -0.2) is 0 Å². The lowest BCUT2D eigenvalue weighted by molar-refractivity contribution is -0.133. The van der Waals surface area contributed by atoms with Crippen molar-refractivity contribution < 1.29 is 9.90 Å². The van der Waals surface area contributed by atoms with Crippen molar-refractivity contribution in [3.63, 3.8) is 0 Å². The highest BCUT2D eigenvalue weighted by Gasteiger charge is 2.23. The number of amides is 1. The summed E-state index contributed by atoms with van der Waals surface area (Å²) in [4.78, 5) is 13.9. The topological polar surface area (TPSA) is 66.6 Å². The molecule has 0 unspecified atom stereocenters. The first-order chi connectivity index (χ1) is 8.65. The molecule has 0 bridgehead atoms. The van der Waals surface area contributed by atoms with Gasteiger partial charge in [0.15, 0.2) is 0 Å². The van der Waals surface area contributed by atoms with Crippen LogP contribution >= 0.6 is 0 Å². The SMILES string of the molecule is NC1CCC(CCC(=O)N2CCC(O)CC2)CC1. The van der Waals surface area contributed by atoms with Gasteiger partial charge in [0.05, 0.1) is 6.10 Å². The van der Waals surface area contributed by atoms with E-state index >= 15 is 0 Å². The van der Waals surface area contributed by atoms with E-state index in [4.69, 9.17) is 5.73 Å². The first-order valence-corrected chi connectivity index (χ1v) is 7.36. The third kappa shape index (κ3) is 3.95. The summed E-state index contributed by atoms with van der Waals surface area (Å²) < 4.78 is 0. The highest BCUT2D eigenvalue weighted by atomic mass is 16.3. The van der Waals surface area contributed by atoms with E-state index in [2.05, 4.69) is 0 Å². The van der Waals surface area contributed by atoms with Crippen molar-refractivity contribution in [1.82, 2.24) is 4.90 Å². The van der Waals surface area contributed by atoms with E-state index in [1.165, 1.54) is 12.8 Å². The molecule has 1 saturated heterocycles. The Labute approximate surface area is 110 Å². The average Bonchev–Trinajstić information content (AvgIpc) is 2.38. The Bertz CT molecular complexity index is 267. The zero-order valence-electron chi connectivity index (χ0n) is 11.2. The molecule has 4 nitrogen and oxygen atoms in total. The van der Waals surface area contributed by atoms with Crippen molar-refractivity contribution in [1.29, 1.82) is 0 Å². The fourth-order valence-corrected chi connectivity index (χ4v) is 3.08. The second kappa shape index (κ2) is 6.53. The number of piperidine rings is 1. The molecule has 1 aliphatic heterocycles. The van der Waals surface area contributed by atoms with E-state index in [1.54, 1.807) is 0 Å². The van der Waals surface area contributed by atoms with Crippen LogP contribution in [0.4, 0.5) is 0 Å². The van der Waals surface area contributed by atoms with Crippen molar-refractivity contribution in [3.05, 3.63) is 0 Å². The zero-order valence-corrected chi connectivity index (χ0v) is 11.2. The van der Waals surface area contributed by atoms with Crippen molar-refractivity contribution in [2.45, 2.75) is 63.5 Å². The lowest BCUT2D eigenvalue weighted by Crippen LogP contribution is -2.40. The Morgan fingerprint density at radius 3 is 2.33 bits per heavy atom. The normalized spacial score (nSPS) is 30.4. The average molecular weight is 254 g/mol. The quantitative estimate of drug-likeness (QED) is 0.797. The minimum absolute atomic E-state index is 0.200. The molecule has 2 fully saturated rings. The van der Waals surface area contributed by atoms with Crippen LogP contribution < -0.4 is 5.73 Å². The summed E-state index contributed by atoms with van der Waals surface area (Å²) in [5.74, 6) is 0.973. The monoisotopic (exact) mass is 254 g/mol. The number of carbonyl (C=O) groups excluding carboxylic acids is 1. The standard InChI is InChI=1S/C14H26N2O2/c15-12-4-1-11(2-5-12)3-6-14(18)16-9-7-13(17)8-10-16/h11-13,17H,1-10,15H2. The minimum Gasteiger partial charge on any atom is -0.393 e. The lowest BCUT2D eigenvalue weighted by Gasteiger charge is -2.31. The number of nitrogens with two attached hydrogens (primary N) is 1. The van der Waals surface area contributed by atoms with Crippen molar-refractivity contribution in [3.8, 4) is 0 Å². The van der Waals surface area contributed by atoms with Crippen molar-refractivity contribution >= 4 is 5.91 Å². The van der Waals surface area contributed by atoms with Crippen LogP contribution in [-0.2, 0) is 4.79 Å². The fraction of sp³-hybridized carbons (Fsp3) is 0.929. The Hall–Kier alpha value is -0.610. The molecule has 1 saturated carbocycles. The van der Waals surface area contributed by atoms with Crippen LogP contribution in [0.1, 0.15) is 51.4 Å². The van der Waals surface area contributed by atoms with Gasteiger partial charge in [-0.3, -0.25) is 4.79 Å². The molecule has 18 heavy (non-hydrogen) atoms. The highest BCUT2D eigenvalue weighted by Crippen LogP contribution is 2.27. The van der Waals surface area contributed by atoms with Gasteiger partial charge >= 0.3 is 0 Å². The lowest BCUT2D eigenvalue weighted by atomic mass is 9.83. The number of nitrogens with zero attached hydrogens (tertiary/aromatic N) is 1. The summed E-state index contributed by atoms with van der Waals surface area (Å²) in [7, 11) is 0. The molecule has 4 heteroatoms. The molecule has 0 aromatic heterocycles. The number of hydrogen-bond donors (Lipinski definition) is 2. The van der Waals surface area contributed by atoms with E-state index in [0.717, 1.165) is 45.2 Å². The van der Waals surface area contributed by atoms with Crippen molar-refractivity contribution in [2.24, 2.45) is 11.7 Å². The van der Waals surface area contributed by atoms with Crippen molar-refractivity contribution in [2.75, 3.05) is 13.1 Å². The van der Waals surface area contributed by atoms with Gasteiger partial charge in [0.2, 0.25) is 5.91 Å². The first-order valence-electron chi connectivity index (χ1n) is 7.36. The number of aliphatic hydroxyl groups excluding tert-OH is 1. The zero-order chi connectivity index (χ0) is 13.0. The summed E-state index contributed by atoms with van der Waals surface area (Å²) in [6.45, 7) is 1.46. The Kier molecular flexibility index (Phi) is 5.01. The number of aliphatic hydroxyl groups is 1. The summed E-state index contributed by atoms with van der Waals surface area (Å²) >= 11 is 0. The van der Waals surface area contributed by atoms with Gasteiger partial charge in [-0.15, -0.1) is 0 Å². The third-order valence-corrected chi connectivity index (χ3v) is 4.48. The van der Waals surface area contributed by atoms with Crippen LogP contribution in [0.3, 0.4) is 0 Å². The van der Waals surface area contributed by atoms with Crippen LogP contribution in [-0.4, -0.2) is 41.1 Å². The van der Waals surface area contributed by atoms with E-state index in [-0.39, 0.29) is 12.0 Å². The van der Waals surface area contributed by atoms with Gasteiger partial charge in [0.1, 0.15) is 0 Å². The third-order valence-electron chi connectivity index (χ3n) is 4.48. The van der Waals surface area contributed by atoms with Gasteiger partial charge in [-0.2, -0.15) is 0 Å². The van der Waals surface area contributed by atoms with E-state index in [1.807, 2.05) is 4.90 Å². The molecular weight excluding hydrogens is 228 g/mol. The van der Waals surface area contributed by atoms with Crippen LogP contribution in [0.2, 0.25) is 0 Å². The number of carbonyl (C=O) groups is 1. The van der Waals surface area contributed by atoms with E-state index in [9.17, 15) is 9.90 Å². The summed E-state index contributed by atoms with van der Waals surface area (Å²) in [5, 5.41) is 9.42. The Morgan fingerprint density at radius 1 is 1.11 bits per heavy atom. The summed E-state index contributed by atoms with van der Waals surface area (Å²) in [6.07, 6.45) is 7.59. The molecule has 0 radical (unpaired) electrons. The van der Waals surface area contributed by atoms with Crippen LogP contribution in [0.15, 0.2) is 0 Å². The largest absolute Gasteiger partial charge is 0.393 e. The molecule has 2 aliphatic rings. The minimum atomic E-state index is -0.200. The molecule has 0 spiro atoms. The highest BCUT2D eigenvalue weighted by molar-refractivity contribution is 5.76. The molecule has 3 N–H and O–H groups in total. The predicted molar refractivity (Wildman–Crippen MR) is 71.0 cm³/mol. The van der Waals surface area contributed by atoms with E-state index in [0.29, 0.717) is 18.4 Å². The van der Waals surface area contributed by atoms with Gasteiger partial charge < -0.3 is 15.7 Å². The van der Waals surface area contributed by atoms with Gasteiger partial charge in [0.25, 0.3) is 0 Å². The number of hydrogen-bond acceptors (Lipinski definition) is 3.